The van der Waals surface area contributed by atoms with Gasteiger partial charge in [0.25, 0.3) is 0 Å². The van der Waals surface area contributed by atoms with Gasteiger partial charge in [0.2, 0.25) is 0 Å². The molecule has 131 heavy (non-hydrogen) atoms. The van der Waals surface area contributed by atoms with Crippen LogP contribution >= 0.6 is 0 Å². The first-order chi connectivity index (χ1) is 64.8. The fourth-order valence-electron chi connectivity index (χ4n) is 21.1. The molecule has 0 unspecified atom stereocenters. The summed E-state index contributed by atoms with van der Waals surface area (Å²) in [5.41, 5.74) is 35.6. The Morgan fingerprint density at radius 2 is 0.267 bits per heavy atom. The van der Waals surface area contributed by atoms with Gasteiger partial charge >= 0.3 is 0 Å². The molecule has 24 aromatic carbocycles. The second-order valence-electron chi connectivity index (χ2n) is 35.0. The summed E-state index contributed by atoms with van der Waals surface area (Å²) >= 11 is 0. The fourth-order valence-corrected chi connectivity index (χ4v) is 21.1. The van der Waals surface area contributed by atoms with Gasteiger partial charge in [0.1, 0.15) is 0 Å². The number of hydrogen-bond acceptors (Lipinski definition) is 0. The van der Waals surface area contributed by atoms with E-state index in [1.165, 1.54) is 242 Å². The SMILES string of the molecule is CC1(C)c2ccccc2-c2ccc(-c3ccc(-c4ccc5c(-c6ccccc6)c6ccccc6c(-c6ccccc6)c5c4)cc3)cc21.c1ccc(-c2c3ccccc3c(-c3ccc(-c4ccc5c(-c6ccccc6)c6ccccc6c(-c6ccccc6)c5c4)cc3)c3ccccc23)cc1.c1ccc(-c2ccc3c(-c4ccccc4)c4ccccc4c(-c4ccccc4)c3c2)cc1. The standard InChI is InChI=1S/C52H34.C47H34.C32H22/c1-4-16-36(17-5-1)49-41-22-10-12-24-43(41)51(44-25-13-11-23-42(44)49)39-30-28-35(29-31-39)40-32-33-47-48(34-40)52(38-20-8-3-9-21-38)46-27-15-14-26-45(46)50(47)37-18-6-2-7-19-37;1-47(2)43-20-12-11-17-37(43)38-27-25-36(30-44(38)47)32-23-21-31(22-24-32)35-26-28-41-42(29-35)46(34-15-7-4-8-16-34)40-19-10-9-18-39(40)45(41)33-13-5-3-6-14-33;1-4-12-23(13-5-1)26-20-21-29-30(22-26)32(25-16-8-3-9-17-25)28-19-11-10-18-27(28)31(29)24-14-6-2-7-15-24/h1-34H;3-30H,1-2H3;1-22H. The van der Waals surface area contributed by atoms with Crippen LogP contribution in [-0.4, -0.2) is 0 Å². The predicted octanol–water partition coefficient (Wildman–Crippen LogP) is 36.6. The molecular weight excluding hydrogens is 1570 g/mol. The van der Waals surface area contributed by atoms with Crippen LogP contribution in [0.3, 0.4) is 0 Å². The van der Waals surface area contributed by atoms with Crippen LogP contribution in [0, 0.1) is 0 Å². The fraction of sp³-hybridized carbons (Fsp3) is 0.0229. The first-order valence-electron chi connectivity index (χ1n) is 45.6. The highest BCUT2D eigenvalue weighted by Gasteiger charge is 2.35. The number of rotatable bonds is 12. The van der Waals surface area contributed by atoms with Gasteiger partial charge in [-0.25, -0.2) is 0 Å². The second kappa shape index (κ2) is 33.9. The van der Waals surface area contributed by atoms with E-state index in [9.17, 15) is 0 Å². The van der Waals surface area contributed by atoms with Crippen molar-refractivity contribution in [2.45, 2.75) is 19.3 Å². The zero-order valence-electron chi connectivity index (χ0n) is 73.0. The molecule has 0 fully saturated rings. The Morgan fingerprint density at radius 3 is 0.527 bits per heavy atom. The summed E-state index contributed by atoms with van der Waals surface area (Å²) in [6.45, 7) is 4.70. The summed E-state index contributed by atoms with van der Waals surface area (Å²) < 4.78 is 0. The molecule has 24 aromatic rings. The normalized spacial score (nSPS) is 12.0. The highest BCUT2D eigenvalue weighted by Crippen LogP contribution is 2.53. The van der Waals surface area contributed by atoms with E-state index in [0.717, 1.165) is 0 Å². The van der Waals surface area contributed by atoms with Crippen molar-refractivity contribution in [3.63, 3.8) is 0 Å². The van der Waals surface area contributed by atoms with E-state index in [2.05, 4.69) is 523 Å². The molecule has 25 rings (SSSR count). The summed E-state index contributed by atoms with van der Waals surface area (Å²) in [4.78, 5) is 0. The lowest BCUT2D eigenvalue weighted by Gasteiger charge is -2.22. The van der Waals surface area contributed by atoms with Crippen molar-refractivity contribution in [2.75, 3.05) is 0 Å². The highest BCUT2D eigenvalue weighted by molar-refractivity contribution is 6.26. The molecule has 0 atom stereocenters. The molecule has 0 spiro atoms. The number of hydrogen-bond donors (Lipinski definition) is 0. The number of fused-ring (bicyclic) bond motifs is 11. The maximum atomic E-state index is 2.41. The minimum Gasteiger partial charge on any atom is -0.0622 e. The summed E-state index contributed by atoms with van der Waals surface area (Å²) in [5, 5.41) is 20.4. The van der Waals surface area contributed by atoms with Gasteiger partial charge < -0.3 is 0 Å². The minimum absolute atomic E-state index is 0.00773. The molecular formula is C131H90. The van der Waals surface area contributed by atoms with Crippen molar-refractivity contribution >= 4 is 86.2 Å². The molecule has 0 nitrogen and oxygen atoms in total. The summed E-state index contributed by atoms with van der Waals surface area (Å²) in [7, 11) is 0. The smallest absolute Gasteiger partial charge is 0.0159 e. The Hall–Kier alpha value is -16.6. The molecule has 0 radical (unpaired) electrons. The van der Waals surface area contributed by atoms with Crippen molar-refractivity contribution in [2.24, 2.45) is 0 Å². The first-order valence-corrected chi connectivity index (χ1v) is 45.6. The van der Waals surface area contributed by atoms with Crippen LogP contribution in [0.5, 0.6) is 0 Å². The molecule has 0 heteroatoms. The summed E-state index contributed by atoms with van der Waals surface area (Å²) in [6, 6.07) is 186. The molecule has 0 heterocycles. The third-order valence-corrected chi connectivity index (χ3v) is 27.2. The Labute approximate surface area is 765 Å². The highest BCUT2D eigenvalue weighted by atomic mass is 14.4. The van der Waals surface area contributed by atoms with Crippen LogP contribution in [-0.2, 0) is 5.41 Å². The Bertz CT molecular complexity index is 8380. The van der Waals surface area contributed by atoms with Gasteiger partial charge in [-0.15, -0.1) is 0 Å². The maximum Gasteiger partial charge on any atom is 0.0159 e. The van der Waals surface area contributed by atoms with Crippen LogP contribution in [0.15, 0.2) is 510 Å². The zero-order chi connectivity index (χ0) is 87.3. The van der Waals surface area contributed by atoms with Gasteiger partial charge in [-0.1, -0.05) is 499 Å². The monoisotopic (exact) mass is 1660 g/mol. The third kappa shape index (κ3) is 14.3. The van der Waals surface area contributed by atoms with Gasteiger partial charge in [-0.05, 0) is 266 Å². The Kier molecular flexibility index (Phi) is 20.5. The topological polar surface area (TPSA) is 0 Å². The van der Waals surface area contributed by atoms with Crippen LogP contribution in [0.25, 0.3) is 231 Å². The quantitative estimate of drug-likeness (QED) is 0.107. The average molecular weight is 1660 g/mol. The molecule has 1 aliphatic carbocycles. The third-order valence-electron chi connectivity index (χ3n) is 27.2. The van der Waals surface area contributed by atoms with Gasteiger partial charge in [-0.2, -0.15) is 0 Å². The van der Waals surface area contributed by atoms with Crippen molar-refractivity contribution in [3.05, 3.63) is 521 Å². The van der Waals surface area contributed by atoms with E-state index < -0.39 is 0 Å². The molecule has 1 aliphatic rings. The van der Waals surface area contributed by atoms with E-state index in [1.807, 2.05) is 0 Å². The van der Waals surface area contributed by atoms with Crippen LogP contribution < -0.4 is 0 Å². The van der Waals surface area contributed by atoms with Crippen LogP contribution in [0.2, 0.25) is 0 Å². The number of benzene rings is 24. The molecule has 0 N–H and O–H groups in total. The van der Waals surface area contributed by atoms with Crippen LogP contribution in [0.1, 0.15) is 25.0 Å². The van der Waals surface area contributed by atoms with Crippen molar-refractivity contribution in [3.8, 4) is 145 Å². The van der Waals surface area contributed by atoms with Gasteiger partial charge in [0.15, 0.2) is 0 Å². The van der Waals surface area contributed by atoms with E-state index in [4.69, 9.17) is 0 Å². The van der Waals surface area contributed by atoms with Gasteiger partial charge in [0.05, 0.1) is 0 Å². The lowest BCUT2D eigenvalue weighted by molar-refractivity contribution is 0.660. The van der Waals surface area contributed by atoms with Crippen molar-refractivity contribution in [1.82, 2.24) is 0 Å². The lowest BCUT2D eigenvalue weighted by Crippen LogP contribution is -2.14. The van der Waals surface area contributed by atoms with Crippen molar-refractivity contribution in [1.29, 1.82) is 0 Å². The molecule has 0 aromatic heterocycles. The molecule has 0 aliphatic heterocycles. The van der Waals surface area contributed by atoms with Crippen LogP contribution in [0.4, 0.5) is 0 Å². The molecule has 614 valence electrons. The first kappa shape index (κ1) is 79.0. The molecule has 0 saturated carbocycles. The lowest BCUT2D eigenvalue weighted by atomic mass is 9.81. The minimum atomic E-state index is -0.00773. The van der Waals surface area contributed by atoms with E-state index in [1.54, 1.807) is 0 Å². The molecule has 0 saturated heterocycles. The zero-order valence-corrected chi connectivity index (χ0v) is 73.0. The molecule has 0 amide bonds. The second-order valence-corrected chi connectivity index (χ2v) is 35.0. The molecule has 0 bridgehead atoms. The van der Waals surface area contributed by atoms with Crippen molar-refractivity contribution < 1.29 is 0 Å². The van der Waals surface area contributed by atoms with E-state index in [-0.39, 0.29) is 5.41 Å². The summed E-state index contributed by atoms with van der Waals surface area (Å²) in [6.07, 6.45) is 0. The van der Waals surface area contributed by atoms with Gasteiger partial charge in [-0.3, -0.25) is 0 Å². The predicted molar refractivity (Wildman–Crippen MR) is 562 cm³/mol. The van der Waals surface area contributed by atoms with Gasteiger partial charge in [0, 0.05) is 5.41 Å². The average Bonchev–Trinajstić information content (AvgIpc) is 1.58. The van der Waals surface area contributed by atoms with E-state index >= 15 is 0 Å². The largest absolute Gasteiger partial charge is 0.0622 e. The summed E-state index contributed by atoms with van der Waals surface area (Å²) in [5.74, 6) is 0. The Balaban J connectivity index is 0.000000115. The Morgan fingerprint density at radius 1 is 0.107 bits per heavy atom. The van der Waals surface area contributed by atoms with E-state index in [0.29, 0.717) is 0 Å². The maximum absolute atomic E-state index is 2.41.